The van der Waals surface area contributed by atoms with Gasteiger partial charge in [0, 0.05) is 19.9 Å². The molecule has 0 unspecified atom stereocenters. The molecule has 0 aliphatic carbocycles. The molecule has 0 aliphatic heterocycles. The summed E-state index contributed by atoms with van der Waals surface area (Å²) in [7, 11) is 0. The van der Waals surface area contributed by atoms with Gasteiger partial charge in [-0.05, 0) is 35.0 Å². The van der Waals surface area contributed by atoms with Crippen LogP contribution >= 0.6 is 31.9 Å². The van der Waals surface area contributed by atoms with Gasteiger partial charge in [0.25, 0.3) is 0 Å². The van der Waals surface area contributed by atoms with Crippen molar-refractivity contribution in [1.82, 2.24) is 4.98 Å². The van der Waals surface area contributed by atoms with Gasteiger partial charge < -0.3 is 4.98 Å². The number of H-pyrrole nitrogens is 1. The maximum atomic E-state index is 12.8. The third-order valence-corrected chi connectivity index (χ3v) is 3.63. The van der Waals surface area contributed by atoms with Gasteiger partial charge in [-0.15, -0.1) is 0 Å². The molecule has 0 fully saturated rings. The molecule has 1 aromatic carbocycles. The Bertz CT molecular complexity index is 691. The molecular weight excluding hydrogens is 379 g/mol. The van der Waals surface area contributed by atoms with Gasteiger partial charge in [0.15, 0.2) is 5.43 Å². The maximum Gasteiger partial charge on any atom is 0.431 e. The van der Waals surface area contributed by atoms with Gasteiger partial charge in [0.2, 0.25) is 0 Å². The number of nitrogens with one attached hydrogen (secondary N) is 1. The summed E-state index contributed by atoms with van der Waals surface area (Å²) in [6.45, 7) is 1.16. The van der Waals surface area contributed by atoms with Crippen LogP contribution in [0.15, 0.2) is 25.9 Å². The van der Waals surface area contributed by atoms with E-state index in [9.17, 15) is 18.0 Å². The van der Waals surface area contributed by atoms with E-state index in [0.717, 1.165) is 6.92 Å². The lowest BCUT2D eigenvalue weighted by atomic mass is 10.1. The minimum absolute atomic E-state index is 0.140. The van der Waals surface area contributed by atoms with Crippen LogP contribution in [0.4, 0.5) is 13.2 Å². The first-order valence-electron chi connectivity index (χ1n) is 4.80. The molecule has 2 rings (SSSR count). The van der Waals surface area contributed by atoms with E-state index in [2.05, 4.69) is 36.8 Å². The van der Waals surface area contributed by atoms with E-state index in [1.807, 2.05) is 0 Å². The Morgan fingerprint density at radius 1 is 1.22 bits per heavy atom. The first-order valence-corrected chi connectivity index (χ1v) is 6.39. The van der Waals surface area contributed by atoms with Gasteiger partial charge in [-0.1, -0.05) is 15.9 Å². The second-order valence-corrected chi connectivity index (χ2v) is 5.53. The summed E-state index contributed by atoms with van der Waals surface area (Å²) in [5, 5.41) is 0.210. The molecule has 2 nitrogen and oxygen atoms in total. The van der Waals surface area contributed by atoms with Crippen LogP contribution in [-0.2, 0) is 6.18 Å². The van der Waals surface area contributed by atoms with Gasteiger partial charge in [-0.2, -0.15) is 13.2 Å². The quantitative estimate of drug-likeness (QED) is 0.718. The number of benzene rings is 1. The third-order valence-electron chi connectivity index (χ3n) is 2.55. The van der Waals surface area contributed by atoms with Crippen LogP contribution in [0.2, 0.25) is 0 Å². The first kappa shape index (κ1) is 13.6. The molecule has 96 valence electrons. The van der Waals surface area contributed by atoms with Gasteiger partial charge in [-0.25, -0.2) is 0 Å². The predicted molar refractivity (Wildman–Crippen MR) is 69.7 cm³/mol. The molecule has 0 radical (unpaired) electrons. The van der Waals surface area contributed by atoms with E-state index in [0.29, 0.717) is 8.95 Å². The van der Waals surface area contributed by atoms with E-state index in [1.165, 1.54) is 6.07 Å². The molecule has 0 saturated heterocycles. The van der Waals surface area contributed by atoms with Crippen LogP contribution in [0.5, 0.6) is 0 Å². The number of aromatic amines is 1. The maximum absolute atomic E-state index is 12.8. The Morgan fingerprint density at radius 2 is 1.83 bits per heavy atom. The summed E-state index contributed by atoms with van der Waals surface area (Å²) in [6, 6.07) is 3.07. The summed E-state index contributed by atoms with van der Waals surface area (Å²) in [5.41, 5.74) is -1.83. The van der Waals surface area contributed by atoms with Crippen LogP contribution in [0, 0.1) is 6.92 Å². The SMILES string of the molecule is Cc1c(C(F)(F)F)[nH]c2c(Br)cc(Br)cc2c1=O. The second kappa shape index (κ2) is 4.38. The van der Waals surface area contributed by atoms with Gasteiger partial charge >= 0.3 is 6.18 Å². The van der Waals surface area contributed by atoms with E-state index in [4.69, 9.17) is 0 Å². The zero-order valence-corrected chi connectivity index (χ0v) is 12.1. The van der Waals surface area contributed by atoms with Crippen molar-refractivity contribution in [2.45, 2.75) is 13.1 Å². The molecule has 0 atom stereocenters. The predicted octanol–water partition coefficient (Wildman–Crippen LogP) is 4.38. The van der Waals surface area contributed by atoms with Crippen LogP contribution in [0.1, 0.15) is 11.3 Å². The first-order chi connectivity index (χ1) is 8.21. The van der Waals surface area contributed by atoms with Crippen molar-refractivity contribution in [3.05, 3.63) is 42.6 Å². The molecule has 0 aliphatic rings. The number of fused-ring (bicyclic) bond motifs is 1. The number of hydrogen-bond donors (Lipinski definition) is 1. The van der Waals surface area contributed by atoms with Crippen molar-refractivity contribution < 1.29 is 13.2 Å². The van der Waals surface area contributed by atoms with Crippen LogP contribution in [-0.4, -0.2) is 4.98 Å². The summed E-state index contributed by atoms with van der Waals surface area (Å²) in [6.07, 6.45) is -4.58. The highest BCUT2D eigenvalue weighted by Crippen LogP contribution is 2.32. The summed E-state index contributed by atoms with van der Waals surface area (Å²) < 4.78 is 39.3. The number of aromatic nitrogens is 1. The third kappa shape index (κ3) is 2.21. The molecule has 18 heavy (non-hydrogen) atoms. The van der Waals surface area contributed by atoms with Crippen LogP contribution in [0.3, 0.4) is 0 Å². The molecule has 7 heteroatoms. The average molecular weight is 385 g/mol. The fraction of sp³-hybridized carbons (Fsp3) is 0.182. The molecule has 1 aromatic heterocycles. The van der Waals surface area contributed by atoms with E-state index < -0.39 is 17.3 Å². The van der Waals surface area contributed by atoms with E-state index in [1.54, 1.807) is 6.07 Å². The van der Waals surface area contributed by atoms with E-state index in [-0.39, 0.29) is 16.5 Å². The van der Waals surface area contributed by atoms with E-state index >= 15 is 0 Å². The Kier molecular flexibility index (Phi) is 3.31. The van der Waals surface area contributed by atoms with Crippen molar-refractivity contribution in [3.63, 3.8) is 0 Å². The molecule has 0 amide bonds. The normalized spacial score (nSPS) is 12.1. The smallest absolute Gasteiger partial charge is 0.350 e. The van der Waals surface area contributed by atoms with Crippen molar-refractivity contribution in [1.29, 1.82) is 0 Å². The minimum atomic E-state index is -4.58. The zero-order chi connectivity index (χ0) is 13.7. The Balaban J connectivity index is 2.98. The number of halogens is 5. The van der Waals surface area contributed by atoms with Crippen molar-refractivity contribution >= 4 is 42.8 Å². The fourth-order valence-electron chi connectivity index (χ4n) is 1.70. The van der Waals surface area contributed by atoms with Crippen LogP contribution < -0.4 is 5.43 Å². The molecule has 1 heterocycles. The highest BCUT2D eigenvalue weighted by Gasteiger charge is 2.35. The standard InChI is InChI=1S/C11H6Br2F3NO/c1-4-9(18)6-2-5(12)3-7(13)8(6)17-10(4)11(14,15)16/h2-3H,1H3,(H,17,18). The van der Waals surface area contributed by atoms with Crippen molar-refractivity contribution in [2.75, 3.05) is 0 Å². The van der Waals surface area contributed by atoms with Crippen molar-refractivity contribution in [2.24, 2.45) is 0 Å². The molecule has 0 spiro atoms. The summed E-state index contributed by atoms with van der Waals surface area (Å²) in [4.78, 5) is 14.2. The highest BCUT2D eigenvalue weighted by molar-refractivity contribution is 9.11. The summed E-state index contributed by atoms with van der Waals surface area (Å²) in [5.74, 6) is 0. The summed E-state index contributed by atoms with van der Waals surface area (Å²) >= 11 is 6.33. The topological polar surface area (TPSA) is 32.9 Å². The average Bonchev–Trinajstić information content (AvgIpc) is 2.22. The number of hydrogen-bond acceptors (Lipinski definition) is 1. The Hall–Kier alpha value is -0.820. The molecule has 1 N–H and O–H groups in total. The largest absolute Gasteiger partial charge is 0.431 e. The number of rotatable bonds is 0. The fourth-order valence-corrected chi connectivity index (χ4v) is 3.02. The van der Waals surface area contributed by atoms with Crippen LogP contribution in [0.25, 0.3) is 10.9 Å². The highest BCUT2D eigenvalue weighted by atomic mass is 79.9. The Labute approximate surface area is 116 Å². The van der Waals surface area contributed by atoms with Gasteiger partial charge in [-0.3, -0.25) is 4.79 Å². The van der Waals surface area contributed by atoms with Gasteiger partial charge in [0.05, 0.1) is 5.52 Å². The van der Waals surface area contributed by atoms with Crippen molar-refractivity contribution in [3.8, 4) is 0 Å². The zero-order valence-electron chi connectivity index (χ0n) is 8.95. The minimum Gasteiger partial charge on any atom is -0.350 e. The lowest BCUT2D eigenvalue weighted by Crippen LogP contribution is -2.19. The monoisotopic (exact) mass is 383 g/mol. The lowest BCUT2D eigenvalue weighted by molar-refractivity contribution is -0.141. The Morgan fingerprint density at radius 3 is 2.39 bits per heavy atom. The molecule has 2 aromatic rings. The van der Waals surface area contributed by atoms with Gasteiger partial charge in [0.1, 0.15) is 5.69 Å². The molecule has 0 saturated carbocycles. The number of alkyl halides is 3. The number of pyridine rings is 1. The lowest BCUT2D eigenvalue weighted by Gasteiger charge is -2.12. The second-order valence-electron chi connectivity index (χ2n) is 3.76. The molecular formula is C11H6Br2F3NO. The molecule has 0 bridgehead atoms.